The Balaban J connectivity index is 1.46. The molecule has 0 radical (unpaired) electrons. The molecule has 2 aliphatic rings. The fourth-order valence-corrected chi connectivity index (χ4v) is 4.21. The highest BCUT2D eigenvalue weighted by molar-refractivity contribution is 7.09. The molecule has 1 atom stereocenters. The maximum absolute atomic E-state index is 13.0. The van der Waals surface area contributed by atoms with Gasteiger partial charge in [-0.2, -0.15) is 0 Å². The summed E-state index contributed by atoms with van der Waals surface area (Å²) in [7, 11) is 0. The molecule has 0 bridgehead atoms. The van der Waals surface area contributed by atoms with E-state index in [9.17, 15) is 9.18 Å². The standard InChI is InChI=1S/C16H18FN5OS/c1-11-20-13(9-24-11)8-21-4-2-16(14(21)23)3-5-22(10-16)15-18-6-12(17)7-19-15/h6-7,9H,2-5,8,10H2,1H3/t16-/m1/s1. The Morgan fingerprint density at radius 3 is 2.75 bits per heavy atom. The van der Waals surface area contributed by atoms with Gasteiger partial charge in [0, 0.05) is 25.0 Å². The smallest absolute Gasteiger partial charge is 0.231 e. The van der Waals surface area contributed by atoms with Gasteiger partial charge in [0.15, 0.2) is 5.82 Å². The van der Waals surface area contributed by atoms with Gasteiger partial charge in [0.1, 0.15) is 0 Å². The van der Waals surface area contributed by atoms with Crippen molar-refractivity contribution in [3.8, 4) is 0 Å². The van der Waals surface area contributed by atoms with E-state index in [1.165, 1.54) is 12.4 Å². The van der Waals surface area contributed by atoms with Gasteiger partial charge in [0.05, 0.1) is 35.1 Å². The van der Waals surface area contributed by atoms with Gasteiger partial charge in [-0.1, -0.05) is 0 Å². The number of hydrogen-bond acceptors (Lipinski definition) is 6. The van der Waals surface area contributed by atoms with Crippen molar-refractivity contribution >= 4 is 23.2 Å². The quantitative estimate of drug-likeness (QED) is 0.850. The number of anilines is 1. The maximum Gasteiger partial charge on any atom is 0.231 e. The van der Waals surface area contributed by atoms with Crippen molar-refractivity contribution in [2.75, 3.05) is 24.5 Å². The van der Waals surface area contributed by atoms with E-state index >= 15 is 0 Å². The molecule has 2 aromatic rings. The highest BCUT2D eigenvalue weighted by atomic mass is 32.1. The van der Waals surface area contributed by atoms with E-state index < -0.39 is 5.82 Å². The van der Waals surface area contributed by atoms with Crippen LogP contribution in [0.15, 0.2) is 17.8 Å². The van der Waals surface area contributed by atoms with Gasteiger partial charge in [-0.05, 0) is 19.8 Å². The lowest BCUT2D eigenvalue weighted by molar-refractivity contribution is -0.135. The zero-order valence-corrected chi connectivity index (χ0v) is 14.2. The fourth-order valence-electron chi connectivity index (χ4n) is 3.61. The Labute approximate surface area is 143 Å². The van der Waals surface area contributed by atoms with Crippen LogP contribution in [0.25, 0.3) is 0 Å². The van der Waals surface area contributed by atoms with E-state index in [4.69, 9.17) is 0 Å². The number of hydrogen-bond donors (Lipinski definition) is 0. The third-order valence-electron chi connectivity index (χ3n) is 4.86. The minimum Gasteiger partial charge on any atom is -0.340 e. The van der Waals surface area contributed by atoms with E-state index in [1.54, 1.807) is 11.3 Å². The van der Waals surface area contributed by atoms with Crippen LogP contribution >= 0.6 is 11.3 Å². The lowest BCUT2D eigenvalue weighted by Crippen LogP contribution is -2.37. The molecule has 2 fully saturated rings. The molecule has 8 heteroatoms. The van der Waals surface area contributed by atoms with Crippen molar-refractivity contribution in [1.82, 2.24) is 19.9 Å². The molecule has 0 saturated carbocycles. The summed E-state index contributed by atoms with van der Waals surface area (Å²) in [4.78, 5) is 29.4. The molecule has 126 valence electrons. The van der Waals surface area contributed by atoms with Crippen LogP contribution in [0.4, 0.5) is 10.3 Å². The number of aryl methyl sites for hydroxylation is 1. The Kier molecular flexibility index (Phi) is 3.71. The van der Waals surface area contributed by atoms with Crippen LogP contribution in [0.1, 0.15) is 23.5 Å². The molecule has 0 N–H and O–H groups in total. The van der Waals surface area contributed by atoms with Gasteiger partial charge < -0.3 is 9.80 Å². The summed E-state index contributed by atoms with van der Waals surface area (Å²) in [6, 6.07) is 0. The summed E-state index contributed by atoms with van der Waals surface area (Å²) in [5, 5.41) is 3.04. The lowest BCUT2D eigenvalue weighted by Gasteiger charge is -2.23. The van der Waals surface area contributed by atoms with Crippen LogP contribution in [0.3, 0.4) is 0 Å². The molecule has 4 rings (SSSR count). The molecule has 2 aliphatic heterocycles. The molecule has 0 unspecified atom stereocenters. The number of thiazole rings is 1. The molecule has 6 nitrogen and oxygen atoms in total. The molecule has 24 heavy (non-hydrogen) atoms. The Morgan fingerprint density at radius 1 is 1.29 bits per heavy atom. The lowest BCUT2D eigenvalue weighted by atomic mass is 9.85. The van der Waals surface area contributed by atoms with E-state index in [2.05, 4.69) is 15.0 Å². The van der Waals surface area contributed by atoms with Gasteiger partial charge >= 0.3 is 0 Å². The van der Waals surface area contributed by atoms with Gasteiger partial charge in [0.25, 0.3) is 0 Å². The number of carbonyl (C=O) groups is 1. The first-order chi connectivity index (χ1) is 11.6. The van der Waals surface area contributed by atoms with Crippen molar-refractivity contribution < 1.29 is 9.18 Å². The second kappa shape index (κ2) is 5.77. The average Bonchev–Trinajstić information content (AvgIpc) is 3.26. The van der Waals surface area contributed by atoms with Crippen LogP contribution in [0.2, 0.25) is 0 Å². The molecule has 4 heterocycles. The summed E-state index contributed by atoms with van der Waals surface area (Å²) in [5.41, 5.74) is 0.600. The predicted octanol–water partition coefficient (Wildman–Crippen LogP) is 2.01. The van der Waals surface area contributed by atoms with Gasteiger partial charge in [-0.15, -0.1) is 11.3 Å². The number of nitrogens with zero attached hydrogens (tertiary/aromatic N) is 5. The monoisotopic (exact) mass is 347 g/mol. The Bertz CT molecular complexity index is 764. The average molecular weight is 347 g/mol. The normalized spacial score (nSPS) is 23.7. The van der Waals surface area contributed by atoms with Crippen LogP contribution in [0.5, 0.6) is 0 Å². The zero-order valence-electron chi connectivity index (χ0n) is 13.4. The SMILES string of the molecule is Cc1nc(CN2CC[C@]3(CCN(c4ncc(F)cn4)C3)C2=O)cs1. The summed E-state index contributed by atoms with van der Waals surface area (Å²) < 4.78 is 13.0. The Morgan fingerprint density at radius 2 is 2.04 bits per heavy atom. The van der Waals surface area contributed by atoms with E-state index in [1.807, 2.05) is 22.1 Å². The molecule has 2 aromatic heterocycles. The van der Waals surface area contributed by atoms with Crippen LogP contribution in [-0.4, -0.2) is 45.4 Å². The van der Waals surface area contributed by atoms with Gasteiger partial charge in [-0.25, -0.2) is 19.3 Å². The third kappa shape index (κ3) is 2.64. The first-order valence-corrected chi connectivity index (χ1v) is 8.87. The second-order valence-corrected chi connectivity index (χ2v) is 7.55. The maximum atomic E-state index is 13.0. The summed E-state index contributed by atoms with van der Waals surface area (Å²) in [6.45, 7) is 4.63. The van der Waals surface area contributed by atoms with Crippen LogP contribution in [-0.2, 0) is 11.3 Å². The second-order valence-electron chi connectivity index (χ2n) is 6.49. The molecular weight excluding hydrogens is 329 g/mol. The van der Waals surface area contributed by atoms with Crippen molar-refractivity contribution in [3.63, 3.8) is 0 Å². The van der Waals surface area contributed by atoms with E-state index in [0.717, 1.165) is 36.6 Å². The van der Waals surface area contributed by atoms with Crippen molar-refractivity contribution in [2.24, 2.45) is 5.41 Å². The topological polar surface area (TPSA) is 62.2 Å². The molecule has 1 amide bonds. The third-order valence-corrected chi connectivity index (χ3v) is 5.69. The predicted molar refractivity (Wildman–Crippen MR) is 88.1 cm³/mol. The number of amides is 1. The fraction of sp³-hybridized carbons (Fsp3) is 0.500. The number of carbonyl (C=O) groups excluding carboxylic acids is 1. The van der Waals surface area contributed by atoms with E-state index in [0.29, 0.717) is 19.0 Å². The summed E-state index contributed by atoms with van der Waals surface area (Å²) >= 11 is 1.61. The number of rotatable bonds is 3. The Hall–Kier alpha value is -2.09. The van der Waals surface area contributed by atoms with Crippen molar-refractivity contribution in [3.05, 3.63) is 34.3 Å². The first kappa shape index (κ1) is 15.4. The molecule has 2 saturated heterocycles. The van der Waals surface area contributed by atoms with Crippen molar-refractivity contribution in [2.45, 2.75) is 26.3 Å². The number of halogens is 1. The van der Waals surface area contributed by atoms with Gasteiger partial charge in [-0.3, -0.25) is 4.79 Å². The highest BCUT2D eigenvalue weighted by Gasteiger charge is 2.51. The van der Waals surface area contributed by atoms with Gasteiger partial charge in [0.2, 0.25) is 11.9 Å². The summed E-state index contributed by atoms with van der Waals surface area (Å²) in [6.07, 6.45) is 3.97. The largest absolute Gasteiger partial charge is 0.340 e. The minimum absolute atomic E-state index is 0.192. The van der Waals surface area contributed by atoms with Crippen molar-refractivity contribution in [1.29, 1.82) is 0 Å². The zero-order chi connectivity index (χ0) is 16.7. The number of likely N-dealkylation sites (tertiary alicyclic amines) is 1. The van der Waals surface area contributed by atoms with E-state index in [-0.39, 0.29) is 11.3 Å². The molecule has 0 aliphatic carbocycles. The first-order valence-electron chi connectivity index (χ1n) is 7.99. The highest BCUT2D eigenvalue weighted by Crippen LogP contribution is 2.41. The molecule has 1 spiro atoms. The van der Waals surface area contributed by atoms with Crippen LogP contribution < -0.4 is 4.90 Å². The summed E-state index contributed by atoms with van der Waals surface area (Å²) in [5.74, 6) is 0.238. The number of aromatic nitrogens is 3. The molecular formula is C16H18FN5OS. The molecule has 0 aromatic carbocycles. The van der Waals surface area contributed by atoms with Crippen LogP contribution in [0, 0.1) is 18.2 Å². The minimum atomic E-state index is -0.450.